The summed E-state index contributed by atoms with van der Waals surface area (Å²) in [7, 11) is -1.74. The van der Waals surface area contributed by atoms with E-state index in [0.717, 1.165) is 31.1 Å². The van der Waals surface area contributed by atoms with Gasteiger partial charge < -0.3 is 19.5 Å². The summed E-state index contributed by atoms with van der Waals surface area (Å²) < 4.78 is 36.8. The predicted octanol–water partition coefficient (Wildman–Crippen LogP) is 2.35. The van der Waals surface area contributed by atoms with E-state index in [2.05, 4.69) is 21.4 Å². The lowest BCUT2D eigenvalue weighted by Gasteiger charge is -2.35. The van der Waals surface area contributed by atoms with Crippen molar-refractivity contribution in [2.24, 2.45) is 4.99 Å². The van der Waals surface area contributed by atoms with Gasteiger partial charge in [0, 0.05) is 45.3 Å². The van der Waals surface area contributed by atoms with Crippen molar-refractivity contribution in [2.45, 2.75) is 25.5 Å². The standard InChI is InChI=1S/C21H31N5O4S.HI/c1-3-22-21(23-10-5-7-18-6-4-8-20(16-18)29-2)25-11-13-26(14-12-25)31(27,28)17-19-9-15-30-24-19;/h4,6,8-9,15-16H,3,5,7,10-14,17H2,1-2H3,(H,22,23);1H. The third-order valence-corrected chi connectivity index (χ3v) is 6.92. The van der Waals surface area contributed by atoms with Crippen LogP contribution in [0, 0.1) is 0 Å². The SMILES string of the molecule is CCNC(=NCCCc1cccc(OC)c1)N1CCN(S(=O)(=O)Cc2ccon2)CC1.I. The van der Waals surface area contributed by atoms with Crippen molar-refractivity contribution >= 4 is 40.0 Å². The molecule has 9 nitrogen and oxygen atoms in total. The fourth-order valence-electron chi connectivity index (χ4n) is 3.49. The first-order valence-electron chi connectivity index (χ1n) is 10.5. The lowest BCUT2D eigenvalue weighted by molar-refractivity contribution is 0.260. The van der Waals surface area contributed by atoms with Crippen molar-refractivity contribution < 1.29 is 17.7 Å². The molecule has 32 heavy (non-hydrogen) atoms. The van der Waals surface area contributed by atoms with Gasteiger partial charge in [-0.1, -0.05) is 17.3 Å². The predicted molar refractivity (Wildman–Crippen MR) is 135 cm³/mol. The number of piperazine rings is 1. The number of nitrogens with zero attached hydrogens (tertiary/aromatic N) is 4. The van der Waals surface area contributed by atoms with Gasteiger partial charge in [0.25, 0.3) is 0 Å². The highest BCUT2D eigenvalue weighted by atomic mass is 127. The van der Waals surface area contributed by atoms with Crippen LogP contribution in [0.15, 0.2) is 46.1 Å². The maximum absolute atomic E-state index is 12.6. The molecule has 1 aromatic heterocycles. The van der Waals surface area contributed by atoms with Crippen molar-refractivity contribution in [3.05, 3.63) is 47.9 Å². The highest BCUT2D eigenvalue weighted by Gasteiger charge is 2.28. The van der Waals surface area contributed by atoms with Crippen LogP contribution >= 0.6 is 24.0 Å². The summed E-state index contributed by atoms with van der Waals surface area (Å²) >= 11 is 0. The van der Waals surface area contributed by atoms with Gasteiger partial charge in [-0.15, -0.1) is 24.0 Å². The second-order valence-electron chi connectivity index (χ2n) is 7.32. The van der Waals surface area contributed by atoms with E-state index < -0.39 is 10.0 Å². The van der Waals surface area contributed by atoms with E-state index in [1.807, 2.05) is 25.1 Å². The van der Waals surface area contributed by atoms with Crippen LogP contribution in [0.3, 0.4) is 0 Å². The molecule has 0 atom stereocenters. The van der Waals surface area contributed by atoms with E-state index in [1.165, 1.54) is 16.1 Å². The Hall–Kier alpha value is -1.86. The summed E-state index contributed by atoms with van der Waals surface area (Å²) in [6.45, 7) is 5.54. The molecule has 2 heterocycles. The van der Waals surface area contributed by atoms with Gasteiger partial charge in [0.05, 0.1) is 12.8 Å². The molecule has 0 unspecified atom stereocenters. The molecule has 0 amide bonds. The molecule has 178 valence electrons. The first-order chi connectivity index (χ1) is 15.0. The summed E-state index contributed by atoms with van der Waals surface area (Å²) in [4.78, 5) is 6.87. The summed E-state index contributed by atoms with van der Waals surface area (Å²) in [6.07, 6.45) is 3.23. The average molecular weight is 577 g/mol. The minimum Gasteiger partial charge on any atom is -0.497 e. The van der Waals surface area contributed by atoms with Crippen molar-refractivity contribution in [3.8, 4) is 5.75 Å². The molecule has 1 aliphatic heterocycles. The number of aliphatic imine (C=N–C) groups is 1. The number of sulfonamides is 1. The Morgan fingerprint density at radius 2 is 2.03 bits per heavy atom. The smallest absolute Gasteiger partial charge is 0.220 e. The Morgan fingerprint density at radius 1 is 1.25 bits per heavy atom. The van der Waals surface area contributed by atoms with Gasteiger partial charge in [0.15, 0.2) is 5.96 Å². The number of halogens is 1. The van der Waals surface area contributed by atoms with Crippen molar-refractivity contribution in [3.63, 3.8) is 0 Å². The molecule has 1 aromatic carbocycles. The molecular weight excluding hydrogens is 545 g/mol. The molecule has 11 heteroatoms. The molecule has 2 aromatic rings. The van der Waals surface area contributed by atoms with E-state index in [1.54, 1.807) is 13.2 Å². The van der Waals surface area contributed by atoms with Gasteiger partial charge in [-0.25, -0.2) is 8.42 Å². The maximum Gasteiger partial charge on any atom is 0.220 e. The second kappa shape index (κ2) is 13.0. The summed E-state index contributed by atoms with van der Waals surface area (Å²) in [5.41, 5.74) is 1.65. The first kappa shape index (κ1) is 26.4. The van der Waals surface area contributed by atoms with E-state index in [9.17, 15) is 8.42 Å². The van der Waals surface area contributed by atoms with Crippen LogP contribution in [-0.2, 0) is 22.2 Å². The van der Waals surface area contributed by atoms with Crippen LogP contribution in [0.5, 0.6) is 5.75 Å². The highest BCUT2D eigenvalue weighted by Crippen LogP contribution is 2.15. The van der Waals surface area contributed by atoms with Gasteiger partial charge in [-0.3, -0.25) is 4.99 Å². The van der Waals surface area contributed by atoms with Crippen LogP contribution in [0.2, 0.25) is 0 Å². The van der Waals surface area contributed by atoms with Gasteiger partial charge in [0.1, 0.15) is 17.8 Å². The van der Waals surface area contributed by atoms with Crippen LogP contribution < -0.4 is 10.1 Å². The number of methoxy groups -OCH3 is 1. The lowest BCUT2D eigenvalue weighted by atomic mass is 10.1. The first-order valence-corrected chi connectivity index (χ1v) is 12.2. The van der Waals surface area contributed by atoms with Gasteiger partial charge in [0.2, 0.25) is 10.0 Å². The number of ether oxygens (including phenoxy) is 1. The molecule has 0 radical (unpaired) electrons. The number of hydrogen-bond acceptors (Lipinski definition) is 6. The normalized spacial score (nSPS) is 15.3. The fourth-order valence-corrected chi connectivity index (χ4v) is 4.92. The third-order valence-electron chi connectivity index (χ3n) is 5.11. The number of hydrogen-bond donors (Lipinski definition) is 1. The number of aryl methyl sites for hydroxylation is 1. The molecule has 0 saturated carbocycles. The molecular formula is C21H32IN5O4S. The van der Waals surface area contributed by atoms with Crippen LogP contribution in [0.1, 0.15) is 24.6 Å². The molecule has 1 aliphatic rings. The maximum atomic E-state index is 12.6. The minimum absolute atomic E-state index is 0. The van der Waals surface area contributed by atoms with Crippen molar-refractivity contribution in [1.82, 2.24) is 19.7 Å². The van der Waals surface area contributed by atoms with Gasteiger partial charge >= 0.3 is 0 Å². The van der Waals surface area contributed by atoms with E-state index >= 15 is 0 Å². The van der Waals surface area contributed by atoms with Crippen LogP contribution in [0.25, 0.3) is 0 Å². The Kier molecular flexibility index (Phi) is 10.7. The Labute approximate surface area is 207 Å². The number of nitrogens with one attached hydrogen (secondary N) is 1. The van der Waals surface area contributed by atoms with Crippen LogP contribution in [-0.4, -0.2) is 75.1 Å². The monoisotopic (exact) mass is 577 g/mol. The Balaban J connectivity index is 0.00000363. The number of aromatic nitrogens is 1. The van der Waals surface area contributed by atoms with Gasteiger partial charge in [-0.05, 0) is 37.5 Å². The second-order valence-corrected chi connectivity index (χ2v) is 9.29. The van der Waals surface area contributed by atoms with E-state index in [-0.39, 0.29) is 29.7 Å². The van der Waals surface area contributed by atoms with E-state index in [0.29, 0.717) is 38.4 Å². The molecule has 1 saturated heterocycles. The number of guanidine groups is 1. The molecule has 1 fully saturated rings. The highest BCUT2D eigenvalue weighted by molar-refractivity contribution is 14.0. The summed E-state index contributed by atoms with van der Waals surface area (Å²) in [5, 5.41) is 7.03. The Bertz CT molecular complexity index is 945. The zero-order chi connectivity index (χ0) is 22.1. The molecule has 0 aliphatic carbocycles. The average Bonchev–Trinajstić information content (AvgIpc) is 3.28. The zero-order valence-electron chi connectivity index (χ0n) is 18.6. The summed E-state index contributed by atoms with van der Waals surface area (Å²) in [5.74, 6) is 1.56. The van der Waals surface area contributed by atoms with E-state index in [4.69, 9.17) is 14.3 Å². The molecule has 0 spiro atoms. The number of rotatable bonds is 9. The largest absolute Gasteiger partial charge is 0.497 e. The van der Waals surface area contributed by atoms with Crippen molar-refractivity contribution in [2.75, 3.05) is 46.4 Å². The van der Waals surface area contributed by atoms with Crippen molar-refractivity contribution in [1.29, 1.82) is 0 Å². The lowest BCUT2D eigenvalue weighted by Crippen LogP contribution is -2.53. The van der Waals surface area contributed by atoms with Gasteiger partial charge in [-0.2, -0.15) is 4.31 Å². The molecule has 1 N–H and O–H groups in total. The minimum atomic E-state index is -3.41. The fraction of sp³-hybridized carbons (Fsp3) is 0.524. The number of benzene rings is 1. The van der Waals surface area contributed by atoms with Crippen LogP contribution in [0.4, 0.5) is 0 Å². The topological polar surface area (TPSA) is 100 Å². The molecule has 0 bridgehead atoms. The quantitative estimate of drug-likeness (QED) is 0.212. The third kappa shape index (κ3) is 7.62. The zero-order valence-corrected chi connectivity index (χ0v) is 21.7. The molecule has 3 rings (SSSR count). The summed E-state index contributed by atoms with van der Waals surface area (Å²) in [6, 6.07) is 9.66. The Morgan fingerprint density at radius 3 is 2.69 bits per heavy atom.